The third-order valence-corrected chi connectivity index (χ3v) is 6.61. The molecule has 1 aliphatic carbocycles. The smallest absolute Gasteiger partial charge is 0.399 e. The molecular weight excluding hydrogens is 355 g/mol. The van der Waals surface area contributed by atoms with E-state index in [-0.39, 0.29) is 17.1 Å². The van der Waals surface area contributed by atoms with Crippen LogP contribution < -0.4 is 10.4 Å². The number of likely N-dealkylation sites (tertiary alicyclic amines) is 1. The summed E-state index contributed by atoms with van der Waals surface area (Å²) in [5.41, 5.74) is 0.102. The van der Waals surface area contributed by atoms with Crippen LogP contribution in [0.3, 0.4) is 0 Å². The molecule has 0 unspecified atom stereocenters. The first kappa shape index (κ1) is 19.6. The molecule has 1 amide bonds. The second kappa shape index (κ2) is 6.99. The molecule has 4 rings (SSSR count). The van der Waals surface area contributed by atoms with Crippen LogP contribution >= 0.6 is 0 Å². The number of amides is 1. The molecule has 0 radical (unpaired) electrons. The van der Waals surface area contributed by atoms with E-state index >= 15 is 0 Å². The highest BCUT2D eigenvalue weighted by molar-refractivity contribution is 6.61. The molecule has 1 saturated carbocycles. The molecular formula is C20H31BN4O3. The van der Waals surface area contributed by atoms with Gasteiger partial charge in [-0.15, -0.1) is 0 Å². The molecule has 2 saturated heterocycles. The molecule has 0 spiro atoms. The van der Waals surface area contributed by atoms with Crippen molar-refractivity contribution in [3.05, 3.63) is 12.4 Å². The second-order valence-electron chi connectivity index (χ2n) is 9.41. The topological polar surface area (TPSA) is 67.8 Å². The summed E-state index contributed by atoms with van der Waals surface area (Å²) in [6.07, 6.45) is 7.08. The van der Waals surface area contributed by atoms with E-state index < -0.39 is 7.12 Å². The van der Waals surface area contributed by atoms with Crippen LogP contribution in [0.2, 0.25) is 0 Å². The standard InChI is InChI=1S/C20H31BN4O3/c1-14(26)24-9-8-15(12-24)13-25(17-6-7-17)18-22-10-16(11-23-18)21-27-19(2,3)20(4,5)28-21/h10-11,15,17H,6-9,12-13H2,1-5H3/t15-/m1/s1. The van der Waals surface area contributed by atoms with Crippen LogP contribution in [0, 0.1) is 5.92 Å². The van der Waals surface area contributed by atoms with E-state index in [1.807, 2.05) is 45.0 Å². The first-order valence-corrected chi connectivity index (χ1v) is 10.4. The average molecular weight is 386 g/mol. The highest BCUT2D eigenvalue weighted by Gasteiger charge is 2.52. The number of aromatic nitrogens is 2. The van der Waals surface area contributed by atoms with Gasteiger partial charge < -0.3 is 19.1 Å². The van der Waals surface area contributed by atoms with Crippen LogP contribution in [-0.4, -0.2) is 64.8 Å². The van der Waals surface area contributed by atoms with E-state index in [0.717, 1.165) is 37.5 Å². The summed E-state index contributed by atoms with van der Waals surface area (Å²) in [4.78, 5) is 25.2. The second-order valence-corrected chi connectivity index (χ2v) is 9.41. The van der Waals surface area contributed by atoms with Crippen molar-refractivity contribution in [1.29, 1.82) is 0 Å². The number of carbonyl (C=O) groups is 1. The maximum atomic E-state index is 11.6. The fourth-order valence-corrected chi connectivity index (χ4v) is 3.91. The third kappa shape index (κ3) is 3.76. The first-order chi connectivity index (χ1) is 13.2. The minimum atomic E-state index is -0.438. The zero-order valence-electron chi connectivity index (χ0n) is 17.6. The quantitative estimate of drug-likeness (QED) is 0.717. The van der Waals surface area contributed by atoms with Gasteiger partial charge in [0.15, 0.2) is 0 Å². The largest absolute Gasteiger partial charge is 0.498 e. The van der Waals surface area contributed by atoms with Gasteiger partial charge >= 0.3 is 7.12 Å². The van der Waals surface area contributed by atoms with E-state index in [1.54, 1.807) is 6.92 Å². The maximum absolute atomic E-state index is 11.6. The van der Waals surface area contributed by atoms with E-state index in [4.69, 9.17) is 9.31 Å². The van der Waals surface area contributed by atoms with Crippen LogP contribution in [0.4, 0.5) is 5.95 Å². The van der Waals surface area contributed by atoms with E-state index in [9.17, 15) is 4.79 Å². The van der Waals surface area contributed by atoms with Crippen molar-refractivity contribution in [2.45, 2.75) is 71.1 Å². The molecule has 3 aliphatic rings. The monoisotopic (exact) mass is 386 g/mol. The maximum Gasteiger partial charge on any atom is 0.498 e. The summed E-state index contributed by atoms with van der Waals surface area (Å²) in [5, 5.41) is 0. The first-order valence-electron chi connectivity index (χ1n) is 10.4. The van der Waals surface area contributed by atoms with Crippen molar-refractivity contribution >= 4 is 24.4 Å². The summed E-state index contributed by atoms with van der Waals surface area (Å²) < 4.78 is 12.2. The van der Waals surface area contributed by atoms with Crippen LogP contribution in [0.5, 0.6) is 0 Å². The molecule has 7 nitrogen and oxygen atoms in total. The van der Waals surface area contributed by atoms with Gasteiger partial charge in [-0.1, -0.05) is 0 Å². The highest BCUT2D eigenvalue weighted by atomic mass is 16.7. The lowest BCUT2D eigenvalue weighted by atomic mass is 9.81. The number of hydrogen-bond donors (Lipinski definition) is 0. The zero-order chi connectivity index (χ0) is 20.1. The fraction of sp³-hybridized carbons (Fsp3) is 0.750. The van der Waals surface area contributed by atoms with Crippen LogP contribution in [0.25, 0.3) is 0 Å². The lowest BCUT2D eigenvalue weighted by Gasteiger charge is -2.32. The van der Waals surface area contributed by atoms with Gasteiger partial charge in [-0.3, -0.25) is 4.79 Å². The highest BCUT2D eigenvalue weighted by Crippen LogP contribution is 2.36. The third-order valence-electron chi connectivity index (χ3n) is 6.61. The summed E-state index contributed by atoms with van der Waals surface area (Å²) in [7, 11) is -0.438. The van der Waals surface area contributed by atoms with E-state index in [1.165, 1.54) is 12.8 Å². The molecule has 1 atom stereocenters. The van der Waals surface area contributed by atoms with Gasteiger partial charge in [0, 0.05) is 50.5 Å². The van der Waals surface area contributed by atoms with Gasteiger partial charge in [-0.05, 0) is 52.9 Å². The average Bonchev–Trinajstić information content (AvgIpc) is 3.30. The number of nitrogens with zero attached hydrogens (tertiary/aromatic N) is 4. The molecule has 0 bridgehead atoms. The normalized spacial score (nSPS) is 26.0. The van der Waals surface area contributed by atoms with Gasteiger partial charge in [-0.2, -0.15) is 0 Å². The van der Waals surface area contributed by atoms with Gasteiger partial charge in [0.2, 0.25) is 11.9 Å². The van der Waals surface area contributed by atoms with Crippen molar-refractivity contribution in [2.24, 2.45) is 5.92 Å². The summed E-state index contributed by atoms with van der Waals surface area (Å²) >= 11 is 0. The van der Waals surface area contributed by atoms with Gasteiger partial charge in [0.25, 0.3) is 0 Å². The molecule has 8 heteroatoms. The molecule has 1 aromatic rings. The van der Waals surface area contributed by atoms with Crippen molar-refractivity contribution < 1.29 is 14.1 Å². The lowest BCUT2D eigenvalue weighted by molar-refractivity contribution is -0.127. The molecule has 0 aromatic carbocycles. The molecule has 28 heavy (non-hydrogen) atoms. The van der Waals surface area contributed by atoms with Gasteiger partial charge in [-0.25, -0.2) is 9.97 Å². The van der Waals surface area contributed by atoms with Crippen molar-refractivity contribution in [3.63, 3.8) is 0 Å². The Labute approximate surface area is 167 Å². The molecule has 152 valence electrons. The van der Waals surface area contributed by atoms with Crippen LogP contribution in [0.1, 0.15) is 53.9 Å². The fourth-order valence-electron chi connectivity index (χ4n) is 3.91. The Kier molecular flexibility index (Phi) is 4.90. The lowest BCUT2D eigenvalue weighted by Crippen LogP contribution is -2.41. The zero-order valence-corrected chi connectivity index (χ0v) is 17.6. The molecule has 3 heterocycles. The van der Waals surface area contributed by atoms with Crippen molar-refractivity contribution in [2.75, 3.05) is 24.5 Å². The predicted octanol–water partition coefficient (Wildman–Crippen LogP) is 1.61. The van der Waals surface area contributed by atoms with Crippen molar-refractivity contribution in [1.82, 2.24) is 14.9 Å². The predicted molar refractivity (Wildman–Crippen MR) is 108 cm³/mol. The molecule has 0 N–H and O–H groups in total. The number of carbonyl (C=O) groups excluding carboxylic acids is 1. The Balaban J connectivity index is 1.44. The Morgan fingerprint density at radius 1 is 1.18 bits per heavy atom. The van der Waals surface area contributed by atoms with Crippen LogP contribution in [0.15, 0.2) is 12.4 Å². The van der Waals surface area contributed by atoms with Crippen molar-refractivity contribution in [3.8, 4) is 0 Å². The molecule has 1 aromatic heterocycles. The van der Waals surface area contributed by atoms with Gasteiger partial charge in [0.1, 0.15) is 0 Å². The molecule has 2 aliphatic heterocycles. The SMILES string of the molecule is CC(=O)N1CC[C@@H](CN(c2ncc(B3OC(C)(C)C(C)(C)O3)cn2)C2CC2)C1. The van der Waals surface area contributed by atoms with E-state index in [2.05, 4.69) is 14.9 Å². The summed E-state index contributed by atoms with van der Waals surface area (Å²) in [5.74, 6) is 1.42. The number of hydrogen-bond acceptors (Lipinski definition) is 6. The Hall–Kier alpha value is -1.67. The summed E-state index contributed by atoms with van der Waals surface area (Å²) in [6.45, 7) is 12.4. The minimum Gasteiger partial charge on any atom is -0.399 e. The Morgan fingerprint density at radius 2 is 1.79 bits per heavy atom. The Morgan fingerprint density at radius 3 is 2.29 bits per heavy atom. The Bertz CT molecular complexity index is 719. The molecule has 3 fully saturated rings. The minimum absolute atomic E-state index is 0.170. The van der Waals surface area contributed by atoms with Crippen LogP contribution in [-0.2, 0) is 14.1 Å². The van der Waals surface area contributed by atoms with Gasteiger partial charge in [0.05, 0.1) is 11.2 Å². The summed E-state index contributed by atoms with van der Waals surface area (Å²) in [6, 6.07) is 0.522. The van der Waals surface area contributed by atoms with E-state index in [0.29, 0.717) is 12.0 Å². The number of rotatable bonds is 5. The number of anilines is 1.